The number of hydrogen-bond acceptors (Lipinski definition) is 5. The zero-order valence-corrected chi connectivity index (χ0v) is 19.4. The maximum atomic E-state index is 13.6. The first-order valence-electron chi connectivity index (χ1n) is 10.8. The number of methoxy groups -OCH3 is 1. The monoisotopic (exact) mass is 455 g/mol. The summed E-state index contributed by atoms with van der Waals surface area (Å²) in [7, 11) is 1.58. The van der Waals surface area contributed by atoms with Gasteiger partial charge in [-0.3, -0.25) is 14.4 Å². The van der Waals surface area contributed by atoms with Crippen molar-refractivity contribution in [3.63, 3.8) is 0 Å². The van der Waals surface area contributed by atoms with Gasteiger partial charge in [-0.25, -0.2) is 4.90 Å². The largest absolute Gasteiger partial charge is 0.497 e. The van der Waals surface area contributed by atoms with Gasteiger partial charge in [-0.1, -0.05) is 29.8 Å². The van der Waals surface area contributed by atoms with Crippen LogP contribution < -0.4 is 20.3 Å². The number of ether oxygens (including phenoxy) is 1. The van der Waals surface area contributed by atoms with E-state index in [-0.39, 0.29) is 17.2 Å². The zero-order valence-electron chi connectivity index (χ0n) is 19.4. The molecule has 0 bridgehead atoms. The molecular formula is C27H25N3O4. The molecule has 34 heavy (non-hydrogen) atoms. The Hall–Kier alpha value is -4.39. The second kappa shape index (κ2) is 9.23. The smallest absolute Gasteiger partial charge is 0.282 e. The highest BCUT2D eigenvalue weighted by Gasteiger charge is 2.40. The van der Waals surface area contributed by atoms with Crippen LogP contribution in [0.1, 0.15) is 23.6 Å². The number of anilines is 3. The van der Waals surface area contributed by atoms with E-state index in [0.29, 0.717) is 28.4 Å². The number of amides is 3. The maximum Gasteiger partial charge on any atom is 0.282 e. The number of benzene rings is 3. The highest BCUT2D eigenvalue weighted by molar-refractivity contribution is 6.46. The molecule has 2 N–H and O–H groups in total. The van der Waals surface area contributed by atoms with Crippen LogP contribution in [0.5, 0.6) is 5.75 Å². The molecular weight excluding hydrogens is 430 g/mol. The van der Waals surface area contributed by atoms with Crippen LogP contribution >= 0.6 is 0 Å². The van der Waals surface area contributed by atoms with Gasteiger partial charge in [0, 0.05) is 18.3 Å². The van der Waals surface area contributed by atoms with Gasteiger partial charge >= 0.3 is 0 Å². The third-order valence-electron chi connectivity index (χ3n) is 5.53. The minimum Gasteiger partial charge on any atom is -0.497 e. The van der Waals surface area contributed by atoms with E-state index < -0.39 is 11.8 Å². The standard InChI is InChI=1S/C27H25N3O4/c1-16-5-14-23(17(2)15-16)30-26(32)24(19-6-8-20(9-7-19)28-18(3)31)25(27(30)33)29-21-10-12-22(34-4)13-11-21/h5-15,29H,1-4H3,(H,28,31). The average molecular weight is 456 g/mol. The summed E-state index contributed by atoms with van der Waals surface area (Å²) in [6.07, 6.45) is 0. The number of rotatable bonds is 6. The van der Waals surface area contributed by atoms with Gasteiger partial charge in [-0.15, -0.1) is 0 Å². The van der Waals surface area contributed by atoms with Crippen LogP contribution in [0.3, 0.4) is 0 Å². The van der Waals surface area contributed by atoms with Crippen molar-refractivity contribution in [3.8, 4) is 5.75 Å². The van der Waals surface area contributed by atoms with Crippen LogP contribution in [-0.2, 0) is 14.4 Å². The first-order chi connectivity index (χ1) is 16.3. The van der Waals surface area contributed by atoms with Crippen molar-refractivity contribution in [1.82, 2.24) is 0 Å². The van der Waals surface area contributed by atoms with Crippen LogP contribution in [0, 0.1) is 13.8 Å². The molecule has 0 aromatic heterocycles. The quantitative estimate of drug-likeness (QED) is 0.528. The fourth-order valence-electron chi connectivity index (χ4n) is 3.93. The minimum atomic E-state index is -0.436. The van der Waals surface area contributed by atoms with Crippen molar-refractivity contribution in [2.45, 2.75) is 20.8 Å². The van der Waals surface area contributed by atoms with Gasteiger partial charge in [0.05, 0.1) is 18.4 Å². The number of carbonyl (C=O) groups excluding carboxylic acids is 3. The van der Waals surface area contributed by atoms with E-state index in [1.54, 1.807) is 61.7 Å². The lowest BCUT2D eigenvalue weighted by Gasteiger charge is -2.18. The molecule has 4 rings (SSSR count). The Labute approximate surface area is 198 Å². The summed E-state index contributed by atoms with van der Waals surface area (Å²) >= 11 is 0. The van der Waals surface area contributed by atoms with Crippen LogP contribution in [-0.4, -0.2) is 24.8 Å². The van der Waals surface area contributed by atoms with Crippen LogP contribution in [0.2, 0.25) is 0 Å². The highest BCUT2D eigenvalue weighted by Crippen LogP contribution is 2.35. The number of nitrogens with one attached hydrogen (secondary N) is 2. The van der Waals surface area contributed by atoms with E-state index in [9.17, 15) is 14.4 Å². The lowest BCUT2D eigenvalue weighted by Crippen LogP contribution is -2.33. The van der Waals surface area contributed by atoms with Crippen LogP contribution in [0.25, 0.3) is 5.57 Å². The minimum absolute atomic E-state index is 0.183. The lowest BCUT2D eigenvalue weighted by atomic mass is 10.0. The van der Waals surface area contributed by atoms with Crippen molar-refractivity contribution < 1.29 is 19.1 Å². The number of carbonyl (C=O) groups is 3. The molecule has 1 aliphatic heterocycles. The summed E-state index contributed by atoms with van der Waals surface area (Å²) in [5, 5.41) is 5.85. The maximum absolute atomic E-state index is 13.6. The molecule has 7 heteroatoms. The molecule has 1 heterocycles. The average Bonchev–Trinajstić information content (AvgIpc) is 3.04. The van der Waals surface area contributed by atoms with Crippen molar-refractivity contribution in [2.24, 2.45) is 0 Å². The summed E-state index contributed by atoms with van der Waals surface area (Å²) in [4.78, 5) is 39.8. The molecule has 0 aliphatic carbocycles. The van der Waals surface area contributed by atoms with E-state index in [4.69, 9.17) is 4.74 Å². The summed E-state index contributed by atoms with van der Waals surface area (Å²) in [5.41, 5.74) is 4.66. The third kappa shape index (κ3) is 4.41. The van der Waals surface area contributed by atoms with Gasteiger partial charge in [0.2, 0.25) is 5.91 Å². The summed E-state index contributed by atoms with van der Waals surface area (Å²) < 4.78 is 5.21. The van der Waals surface area contributed by atoms with Crippen molar-refractivity contribution in [2.75, 3.05) is 22.6 Å². The molecule has 3 aromatic rings. The number of imide groups is 1. The second-order valence-electron chi connectivity index (χ2n) is 8.10. The lowest BCUT2D eigenvalue weighted by molar-refractivity contribution is -0.120. The number of hydrogen-bond donors (Lipinski definition) is 2. The molecule has 0 fully saturated rings. The molecule has 0 spiro atoms. The number of aryl methyl sites for hydroxylation is 2. The number of nitrogens with zero attached hydrogens (tertiary/aromatic N) is 1. The van der Waals surface area contributed by atoms with Crippen molar-refractivity contribution in [1.29, 1.82) is 0 Å². The highest BCUT2D eigenvalue weighted by atomic mass is 16.5. The predicted molar refractivity (Wildman–Crippen MR) is 133 cm³/mol. The van der Waals surface area contributed by atoms with Gasteiger partial charge in [0.25, 0.3) is 11.8 Å². The second-order valence-corrected chi connectivity index (χ2v) is 8.10. The molecule has 0 unspecified atom stereocenters. The van der Waals surface area contributed by atoms with Crippen LogP contribution in [0.15, 0.2) is 72.4 Å². The normalized spacial score (nSPS) is 13.4. The van der Waals surface area contributed by atoms with Crippen molar-refractivity contribution in [3.05, 3.63) is 89.1 Å². The van der Waals surface area contributed by atoms with Gasteiger partial charge < -0.3 is 15.4 Å². The molecule has 0 saturated carbocycles. The van der Waals surface area contributed by atoms with E-state index in [1.807, 2.05) is 26.0 Å². The molecule has 172 valence electrons. The fraction of sp³-hybridized carbons (Fsp3) is 0.148. The van der Waals surface area contributed by atoms with E-state index in [1.165, 1.54) is 11.8 Å². The fourth-order valence-corrected chi connectivity index (χ4v) is 3.93. The summed E-state index contributed by atoms with van der Waals surface area (Å²) in [6.45, 7) is 5.26. The Bertz CT molecular complexity index is 1310. The summed E-state index contributed by atoms with van der Waals surface area (Å²) in [6, 6.07) is 19.5. The molecule has 3 amide bonds. The Morgan fingerprint density at radius 2 is 1.50 bits per heavy atom. The molecule has 0 radical (unpaired) electrons. The SMILES string of the molecule is COc1ccc(NC2=C(c3ccc(NC(C)=O)cc3)C(=O)N(c3ccc(C)cc3C)C2=O)cc1. The van der Waals surface area contributed by atoms with E-state index >= 15 is 0 Å². The zero-order chi connectivity index (χ0) is 24.4. The molecule has 7 nitrogen and oxygen atoms in total. The Morgan fingerprint density at radius 1 is 0.853 bits per heavy atom. The van der Waals surface area contributed by atoms with Crippen molar-refractivity contribution >= 4 is 40.4 Å². The topological polar surface area (TPSA) is 87.7 Å². The summed E-state index contributed by atoms with van der Waals surface area (Å²) in [5.74, 6) is -0.366. The predicted octanol–water partition coefficient (Wildman–Crippen LogP) is 4.67. The molecule has 3 aromatic carbocycles. The third-order valence-corrected chi connectivity index (χ3v) is 5.53. The first-order valence-corrected chi connectivity index (χ1v) is 10.8. The van der Waals surface area contributed by atoms with Gasteiger partial charge in [-0.05, 0) is 67.4 Å². The van der Waals surface area contributed by atoms with Crippen LogP contribution in [0.4, 0.5) is 17.1 Å². The first kappa shape index (κ1) is 22.8. The van der Waals surface area contributed by atoms with E-state index in [2.05, 4.69) is 10.6 Å². The Balaban J connectivity index is 1.78. The molecule has 1 aliphatic rings. The van der Waals surface area contributed by atoms with Gasteiger partial charge in [0.1, 0.15) is 11.4 Å². The van der Waals surface area contributed by atoms with E-state index in [0.717, 1.165) is 11.1 Å². The van der Waals surface area contributed by atoms with Gasteiger partial charge in [0.15, 0.2) is 0 Å². The Kier molecular flexibility index (Phi) is 6.19. The Morgan fingerprint density at radius 3 is 2.09 bits per heavy atom. The molecule has 0 saturated heterocycles. The molecule has 0 atom stereocenters. The van der Waals surface area contributed by atoms with Gasteiger partial charge in [-0.2, -0.15) is 0 Å².